The van der Waals surface area contributed by atoms with E-state index >= 15 is 0 Å². The number of likely N-dealkylation sites (N-methyl/N-ethyl adjacent to an activating group) is 1. The number of hydrogen-bond acceptors (Lipinski definition) is 3. The Kier molecular flexibility index (Phi) is 3.99. The molecule has 1 heterocycles. The number of amides is 2. The fourth-order valence-corrected chi connectivity index (χ4v) is 2.22. The molecule has 0 bridgehead atoms. The van der Waals surface area contributed by atoms with Gasteiger partial charge in [0.05, 0.1) is 0 Å². The quantitative estimate of drug-likeness (QED) is 0.709. The molecule has 1 unspecified atom stereocenters. The number of carbonyl (C=O) groups excluding carboxylic acids is 2. The van der Waals surface area contributed by atoms with Crippen LogP contribution in [0.4, 0.5) is 0 Å². The second-order valence-corrected chi connectivity index (χ2v) is 4.85. The molecular formula is C12H21N3O2. The first-order valence-electron chi connectivity index (χ1n) is 6.50. The molecule has 96 valence electrons. The highest BCUT2D eigenvalue weighted by Gasteiger charge is 2.34. The van der Waals surface area contributed by atoms with Crippen LogP contribution in [0.3, 0.4) is 0 Å². The molecule has 1 aliphatic heterocycles. The molecule has 2 fully saturated rings. The summed E-state index contributed by atoms with van der Waals surface area (Å²) in [6.45, 7) is 4.51. The van der Waals surface area contributed by atoms with Gasteiger partial charge in [-0.1, -0.05) is 0 Å². The van der Waals surface area contributed by atoms with Crippen LogP contribution in [0, 0.1) is 5.92 Å². The van der Waals surface area contributed by atoms with Gasteiger partial charge < -0.3 is 15.5 Å². The number of rotatable bonds is 4. The predicted octanol–water partition coefficient (Wildman–Crippen LogP) is -0.277. The molecule has 0 aromatic carbocycles. The van der Waals surface area contributed by atoms with Crippen molar-refractivity contribution in [1.29, 1.82) is 0 Å². The van der Waals surface area contributed by atoms with E-state index < -0.39 is 0 Å². The summed E-state index contributed by atoms with van der Waals surface area (Å²) in [6, 6.07) is -0.324. The highest BCUT2D eigenvalue weighted by Crippen LogP contribution is 2.33. The third-order valence-corrected chi connectivity index (χ3v) is 3.38. The second kappa shape index (κ2) is 5.49. The van der Waals surface area contributed by atoms with E-state index in [-0.39, 0.29) is 17.9 Å². The van der Waals surface area contributed by atoms with Gasteiger partial charge in [0, 0.05) is 32.6 Å². The van der Waals surface area contributed by atoms with Crippen molar-refractivity contribution in [3.8, 4) is 0 Å². The largest absolute Gasteiger partial charge is 0.355 e. The van der Waals surface area contributed by atoms with Crippen LogP contribution in [0.2, 0.25) is 0 Å². The maximum atomic E-state index is 12.1. The van der Waals surface area contributed by atoms with Crippen LogP contribution in [-0.4, -0.2) is 48.9 Å². The van der Waals surface area contributed by atoms with Crippen molar-refractivity contribution in [3.05, 3.63) is 0 Å². The third kappa shape index (κ3) is 3.19. The number of nitrogens with zero attached hydrogens (tertiary/aromatic N) is 1. The number of hydrogen-bond donors (Lipinski definition) is 2. The summed E-state index contributed by atoms with van der Waals surface area (Å²) in [5, 5.41) is 5.97. The second-order valence-electron chi connectivity index (χ2n) is 4.85. The average Bonchev–Trinajstić information content (AvgIpc) is 3.13. The molecule has 2 N–H and O–H groups in total. The fraction of sp³-hybridized carbons (Fsp3) is 0.833. The first-order chi connectivity index (χ1) is 8.22. The van der Waals surface area contributed by atoms with Crippen LogP contribution in [0.1, 0.15) is 26.2 Å². The normalized spacial score (nSPS) is 24.5. The first kappa shape index (κ1) is 12.4. The van der Waals surface area contributed by atoms with E-state index in [1.165, 1.54) is 12.8 Å². The number of nitrogens with one attached hydrogen (secondary N) is 2. The minimum absolute atomic E-state index is 0.0381. The molecule has 1 saturated carbocycles. The molecule has 17 heavy (non-hydrogen) atoms. The van der Waals surface area contributed by atoms with E-state index in [1.807, 2.05) is 6.92 Å². The van der Waals surface area contributed by atoms with Gasteiger partial charge in [-0.3, -0.25) is 9.59 Å². The van der Waals surface area contributed by atoms with Crippen molar-refractivity contribution >= 4 is 11.8 Å². The topological polar surface area (TPSA) is 61.4 Å². The summed E-state index contributed by atoms with van der Waals surface area (Å²) in [6.07, 6.45) is 2.96. The smallest absolute Gasteiger partial charge is 0.244 e. The maximum absolute atomic E-state index is 12.1. The van der Waals surface area contributed by atoms with Crippen molar-refractivity contribution in [2.24, 2.45) is 5.92 Å². The Morgan fingerprint density at radius 2 is 2.18 bits per heavy atom. The zero-order valence-corrected chi connectivity index (χ0v) is 10.4. The van der Waals surface area contributed by atoms with Gasteiger partial charge in [0.1, 0.15) is 6.04 Å². The van der Waals surface area contributed by atoms with Gasteiger partial charge in [0.15, 0.2) is 0 Å². The van der Waals surface area contributed by atoms with E-state index in [1.54, 1.807) is 4.90 Å². The lowest BCUT2D eigenvalue weighted by Gasteiger charge is -2.35. The Morgan fingerprint density at radius 3 is 2.82 bits per heavy atom. The Bertz CT molecular complexity index is 302. The molecule has 2 rings (SSSR count). The minimum Gasteiger partial charge on any atom is -0.355 e. The van der Waals surface area contributed by atoms with Gasteiger partial charge in [-0.2, -0.15) is 0 Å². The average molecular weight is 239 g/mol. The Hall–Kier alpha value is -1.10. The first-order valence-corrected chi connectivity index (χ1v) is 6.50. The van der Waals surface area contributed by atoms with E-state index in [4.69, 9.17) is 0 Å². The standard InChI is InChI=1S/C12H21N3O2/c1-2-14-12(17)10-8-13-5-6-15(10)11(16)7-9-3-4-9/h9-10,13H,2-8H2,1H3,(H,14,17). The van der Waals surface area contributed by atoms with Crippen LogP contribution < -0.4 is 10.6 Å². The van der Waals surface area contributed by atoms with E-state index in [2.05, 4.69) is 10.6 Å². The van der Waals surface area contributed by atoms with Gasteiger partial charge in [-0.25, -0.2) is 0 Å². The molecule has 1 aliphatic carbocycles. The van der Waals surface area contributed by atoms with E-state index in [9.17, 15) is 9.59 Å². The van der Waals surface area contributed by atoms with Crippen molar-refractivity contribution in [2.75, 3.05) is 26.2 Å². The van der Waals surface area contributed by atoms with Crippen molar-refractivity contribution in [1.82, 2.24) is 15.5 Å². The Morgan fingerprint density at radius 1 is 1.41 bits per heavy atom. The monoisotopic (exact) mass is 239 g/mol. The molecule has 5 nitrogen and oxygen atoms in total. The molecule has 5 heteroatoms. The molecule has 0 aromatic rings. The van der Waals surface area contributed by atoms with Crippen LogP contribution in [-0.2, 0) is 9.59 Å². The maximum Gasteiger partial charge on any atom is 0.244 e. The summed E-state index contributed by atoms with van der Waals surface area (Å²) in [5.74, 6) is 0.682. The van der Waals surface area contributed by atoms with E-state index in [0.29, 0.717) is 32.0 Å². The summed E-state index contributed by atoms with van der Waals surface area (Å²) in [4.78, 5) is 25.7. The zero-order chi connectivity index (χ0) is 12.3. The van der Waals surface area contributed by atoms with Crippen LogP contribution in [0.5, 0.6) is 0 Å². The number of piperazine rings is 1. The summed E-state index contributed by atoms with van der Waals surface area (Å²) in [5.41, 5.74) is 0. The minimum atomic E-state index is -0.324. The summed E-state index contributed by atoms with van der Waals surface area (Å²) in [7, 11) is 0. The third-order valence-electron chi connectivity index (χ3n) is 3.38. The summed E-state index contributed by atoms with van der Waals surface area (Å²) >= 11 is 0. The molecule has 0 aromatic heterocycles. The van der Waals surface area contributed by atoms with Crippen LogP contribution in [0.15, 0.2) is 0 Å². The van der Waals surface area contributed by atoms with Gasteiger partial charge in [0.2, 0.25) is 11.8 Å². The van der Waals surface area contributed by atoms with Gasteiger partial charge >= 0.3 is 0 Å². The lowest BCUT2D eigenvalue weighted by molar-refractivity contribution is -0.141. The molecule has 1 saturated heterocycles. The lowest BCUT2D eigenvalue weighted by atomic mass is 10.1. The Labute approximate surface area is 102 Å². The highest BCUT2D eigenvalue weighted by molar-refractivity contribution is 5.88. The van der Waals surface area contributed by atoms with Gasteiger partial charge in [-0.05, 0) is 25.7 Å². The zero-order valence-electron chi connectivity index (χ0n) is 10.4. The fourth-order valence-electron chi connectivity index (χ4n) is 2.22. The lowest BCUT2D eigenvalue weighted by Crippen LogP contribution is -2.59. The number of carbonyl (C=O) groups is 2. The molecular weight excluding hydrogens is 218 g/mol. The van der Waals surface area contributed by atoms with Crippen LogP contribution >= 0.6 is 0 Å². The summed E-state index contributed by atoms with van der Waals surface area (Å²) < 4.78 is 0. The molecule has 2 amide bonds. The van der Waals surface area contributed by atoms with Crippen molar-refractivity contribution in [2.45, 2.75) is 32.2 Å². The van der Waals surface area contributed by atoms with Crippen molar-refractivity contribution in [3.63, 3.8) is 0 Å². The van der Waals surface area contributed by atoms with Crippen molar-refractivity contribution < 1.29 is 9.59 Å². The predicted molar refractivity (Wildman–Crippen MR) is 64.4 cm³/mol. The van der Waals surface area contributed by atoms with Gasteiger partial charge in [0.25, 0.3) is 0 Å². The van der Waals surface area contributed by atoms with Crippen LogP contribution in [0.25, 0.3) is 0 Å². The molecule has 0 spiro atoms. The molecule has 2 aliphatic rings. The highest BCUT2D eigenvalue weighted by atomic mass is 16.2. The SMILES string of the molecule is CCNC(=O)C1CNCCN1C(=O)CC1CC1. The Balaban J connectivity index is 1.94. The molecule has 1 atom stereocenters. The molecule has 0 radical (unpaired) electrons. The van der Waals surface area contributed by atoms with E-state index in [0.717, 1.165) is 6.54 Å². The van der Waals surface area contributed by atoms with Gasteiger partial charge in [-0.15, -0.1) is 0 Å².